The topological polar surface area (TPSA) is 88.8 Å². The highest BCUT2D eigenvalue weighted by molar-refractivity contribution is 5.97. The predicted octanol–water partition coefficient (Wildman–Crippen LogP) is -1.39. The summed E-state index contributed by atoms with van der Waals surface area (Å²) in [5, 5.41) is 2.63. The molecule has 0 aliphatic carbocycles. The second kappa shape index (κ2) is 2.55. The van der Waals surface area contributed by atoms with Gasteiger partial charge in [0, 0.05) is 0 Å². The molecule has 1 aliphatic rings. The van der Waals surface area contributed by atoms with Gasteiger partial charge in [-0.25, -0.2) is 4.99 Å². The Balaban J connectivity index is 2.71. The number of guanidine groups is 2. The van der Waals surface area contributed by atoms with Crippen LogP contribution in [-0.4, -0.2) is 24.5 Å². The van der Waals surface area contributed by atoms with Gasteiger partial charge in [0.15, 0.2) is 11.9 Å². The second-order valence-electron chi connectivity index (χ2n) is 2.21. The van der Waals surface area contributed by atoms with E-state index in [0.717, 1.165) is 0 Å². The minimum Gasteiger partial charge on any atom is -0.370 e. The molecule has 5 N–H and O–H groups in total. The summed E-state index contributed by atoms with van der Waals surface area (Å²) in [4.78, 5) is 7.96. The first-order valence-electron chi connectivity index (χ1n) is 3.08. The standard InChI is InChI=1S/C5H11N5/c1-3-2-8-4(6)10-5(7)9-3/h3H,2H2,1H3,(H5,6,7,8,9,10). The molecule has 5 nitrogen and oxygen atoms in total. The van der Waals surface area contributed by atoms with Gasteiger partial charge in [0.2, 0.25) is 0 Å². The number of hydrogen-bond donors (Lipinski definition) is 3. The summed E-state index contributed by atoms with van der Waals surface area (Å²) in [5.41, 5.74) is 10.8. The molecule has 1 atom stereocenters. The van der Waals surface area contributed by atoms with Crippen molar-refractivity contribution in [2.75, 3.05) is 6.54 Å². The van der Waals surface area contributed by atoms with Crippen LogP contribution in [-0.2, 0) is 0 Å². The molecule has 0 saturated heterocycles. The molecule has 1 heterocycles. The largest absolute Gasteiger partial charge is 0.370 e. The van der Waals surface area contributed by atoms with E-state index in [2.05, 4.69) is 15.3 Å². The fourth-order valence-corrected chi connectivity index (χ4v) is 0.712. The molecular formula is C5H11N5. The zero-order chi connectivity index (χ0) is 7.56. The molecule has 10 heavy (non-hydrogen) atoms. The van der Waals surface area contributed by atoms with Crippen molar-refractivity contribution in [1.29, 1.82) is 0 Å². The third kappa shape index (κ3) is 1.61. The van der Waals surface area contributed by atoms with Crippen molar-refractivity contribution in [3.05, 3.63) is 0 Å². The van der Waals surface area contributed by atoms with E-state index in [4.69, 9.17) is 11.5 Å². The van der Waals surface area contributed by atoms with Gasteiger partial charge in [-0.3, -0.25) is 10.3 Å². The summed E-state index contributed by atoms with van der Waals surface area (Å²) in [6, 6.07) is 0.119. The molecule has 0 saturated carbocycles. The molecule has 0 amide bonds. The molecule has 1 rings (SSSR count). The van der Waals surface area contributed by atoms with Crippen molar-refractivity contribution in [2.24, 2.45) is 21.5 Å². The maximum absolute atomic E-state index is 5.39. The van der Waals surface area contributed by atoms with E-state index in [1.807, 2.05) is 6.92 Å². The van der Waals surface area contributed by atoms with Gasteiger partial charge >= 0.3 is 0 Å². The Hall–Kier alpha value is -1.26. The molecule has 0 aromatic rings. The van der Waals surface area contributed by atoms with Crippen molar-refractivity contribution in [3.63, 3.8) is 0 Å². The molecule has 0 fully saturated rings. The van der Waals surface area contributed by atoms with Gasteiger partial charge in [-0.05, 0) is 6.92 Å². The fourth-order valence-electron chi connectivity index (χ4n) is 0.712. The molecular weight excluding hydrogens is 130 g/mol. The van der Waals surface area contributed by atoms with Gasteiger partial charge in [-0.1, -0.05) is 0 Å². The SMILES string of the molecule is CC1CN=C(N)NC(N)=N1. The van der Waals surface area contributed by atoms with Gasteiger partial charge in [-0.15, -0.1) is 0 Å². The number of rotatable bonds is 0. The van der Waals surface area contributed by atoms with Crippen molar-refractivity contribution in [3.8, 4) is 0 Å². The maximum Gasteiger partial charge on any atom is 0.195 e. The number of nitrogens with zero attached hydrogens (tertiary/aromatic N) is 2. The minimum atomic E-state index is 0.119. The number of aliphatic imine (C=N–C) groups is 2. The molecule has 1 aliphatic heterocycles. The van der Waals surface area contributed by atoms with Crippen LogP contribution in [0.4, 0.5) is 0 Å². The lowest BCUT2D eigenvalue weighted by Gasteiger charge is -1.99. The quantitative estimate of drug-likeness (QED) is 0.388. The van der Waals surface area contributed by atoms with E-state index in [1.54, 1.807) is 0 Å². The van der Waals surface area contributed by atoms with Crippen molar-refractivity contribution in [2.45, 2.75) is 13.0 Å². The number of nitrogens with one attached hydrogen (secondary N) is 1. The molecule has 1 unspecified atom stereocenters. The summed E-state index contributed by atoms with van der Waals surface area (Å²) in [6.45, 7) is 2.52. The van der Waals surface area contributed by atoms with Gasteiger partial charge in [0.05, 0.1) is 12.6 Å². The maximum atomic E-state index is 5.39. The van der Waals surface area contributed by atoms with Crippen LogP contribution in [0.3, 0.4) is 0 Å². The minimum absolute atomic E-state index is 0.119. The van der Waals surface area contributed by atoms with Crippen molar-refractivity contribution in [1.82, 2.24) is 5.32 Å². The average Bonchev–Trinajstić information content (AvgIpc) is 1.93. The van der Waals surface area contributed by atoms with Gasteiger partial charge in [0.1, 0.15) is 0 Å². The average molecular weight is 141 g/mol. The van der Waals surface area contributed by atoms with E-state index in [-0.39, 0.29) is 6.04 Å². The highest BCUT2D eigenvalue weighted by atomic mass is 15.2. The molecule has 0 aromatic carbocycles. The first-order valence-corrected chi connectivity index (χ1v) is 3.08. The highest BCUT2D eigenvalue weighted by Crippen LogP contribution is 1.91. The normalized spacial score (nSPS) is 25.9. The molecule has 56 valence electrons. The summed E-state index contributed by atoms with van der Waals surface area (Å²) in [5.74, 6) is 0.678. The van der Waals surface area contributed by atoms with E-state index in [0.29, 0.717) is 18.5 Å². The summed E-state index contributed by atoms with van der Waals surface area (Å²) in [6.07, 6.45) is 0. The van der Waals surface area contributed by atoms with E-state index in [1.165, 1.54) is 0 Å². The molecule has 5 heteroatoms. The number of hydrogen-bond acceptors (Lipinski definition) is 5. The van der Waals surface area contributed by atoms with E-state index >= 15 is 0 Å². The smallest absolute Gasteiger partial charge is 0.195 e. The zero-order valence-electron chi connectivity index (χ0n) is 5.83. The Kier molecular flexibility index (Phi) is 1.75. The molecule has 0 aromatic heterocycles. The van der Waals surface area contributed by atoms with Gasteiger partial charge in [-0.2, -0.15) is 0 Å². The lowest BCUT2D eigenvalue weighted by atomic mass is 10.4. The highest BCUT2D eigenvalue weighted by Gasteiger charge is 2.05. The Morgan fingerprint density at radius 1 is 1.50 bits per heavy atom. The third-order valence-electron chi connectivity index (χ3n) is 1.14. The van der Waals surface area contributed by atoms with Crippen LogP contribution < -0.4 is 16.8 Å². The Labute approximate surface area is 59.2 Å². The van der Waals surface area contributed by atoms with Crippen molar-refractivity contribution < 1.29 is 0 Å². The predicted molar refractivity (Wildman–Crippen MR) is 40.7 cm³/mol. The van der Waals surface area contributed by atoms with Crippen LogP contribution in [0.1, 0.15) is 6.92 Å². The van der Waals surface area contributed by atoms with Crippen molar-refractivity contribution >= 4 is 11.9 Å². The van der Waals surface area contributed by atoms with E-state index in [9.17, 15) is 0 Å². The lowest BCUT2D eigenvalue weighted by Crippen LogP contribution is -2.40. The molecule has 0 spiro atoms. The monoisotopic (exact) mass is 141 g/mol. The zero-order valence-corrected chi connectivity index (χ0v) is 5.83. The number of nitrogens with two attached hydrogens (primary N) is 2. The van der Waals surface area contributed by atoms with Gasteiger partial charge in [0.25, 0.3) is 0 Å². The van der Waals surface area contributed by atoms with Crippen LogP contribution in [0.25, 0.3) is 0 Å². The molecule has 0 bridgehead atoms. The first kappa shape index (κ1) is 6.85. The Morgan fingerprint density at radius 3 is 2.90 bits per heavy atom. The first-order chi connectivity index (χ1) is 4.68. The molecule has 0 radical (unpaired) electrons. The van der Waals surface area contributed by atoms with Gasteiger partial charge < -0.3 is 11.5 Å². The summed E-state index contributed by atoms with van der Waals surface area (Å²) < 4.78 is 0. The van der Waals surface area contributed by atoms with E-state index < -0.39 is 0 Å². The van der Waals surface area contributed by atoms with Crippen LogP contribution in [0, 0.1) is 0 Å². The lowest BCUT2D eigenvalue weighted by molar-refractivity contribution is 0.759. The Bertz CT molecular complexity index is 182. The Morgan fingerprint density at radius 2 is 2.20 bits per heavy atom. The third-order valence-corrected chi connectivity index (χ3v) is 1.14. The summed E-state index contributed by atoms with van der Waals surface area (Å²) >= 11 is 0. The van der Waals surface area contributed by atoms with Crippen LogP contribution in [0.15, 0.2) is 9.98 Å². The summed E-state index contributed by atoms with van der Waals surface area (Å²) in [7, 11) is 0. The van der Waals surface area contributed by atoms with Crippen LogP contribution in [0.2, 0.25) is 0 Å². The fraction of sp³-hybridized carbons (Fsp3) is 0.600. The second-order valence-corrected chi connectivity index (χ2v) is 2.21. The van der Waals surface area contributed by atoms with Crippen LogP contribution >= 0.6 is 0 Å². The van der Waals surface area contributed by atoms with Crippen LogP contribution in [0.5, 0.6) is 0 Å².